The molecule has 0 aromatic carbocycles. The summed E-state index contributed by atoms with van der Waals surface area (Å²) in [5.41, 5.74) is 0.373. The first-order valence-corrected chi connectivity index (χ1v) is 5.64. The Balaban J connectivity index is 2.59. The molecule has 0 radical (unpaired) electrons. The fraction of sp³-hybridized carbons (Fsp3) is 0.615. The molecule has 0 aromatic rings. The van der Waals surface area contributed by atoms with Crippen LogP contribution in [0.25, 0.3) is 0 Å². The largest absolute Gasteiger partial charge is 0.465 e. The maximum absolute atomic E-state index is 11.9. The Kier molecular flexibility index (Phi) is 4.13. The zero-order valence-corrected chi connectivity index (χ0v) is 9.71. The predicted molar refractivity (Wildman–Crippen MR) is 61.5 cm³/mol. The van der Waals surface area contributed by atoms with Gasteiger partial charge in [-0.3, -0.25) is 4.79 Å². The van der Waals surface area contributed by atoms with Gasteiger partial charge in [0.25, 0.3) is 0 Å². The number of carbonyl (C=O) groups is 1. The van der Waals surface area contributed by atoms with E-state index in [9.17, 15) is 4.79 Å². The molecule has 0 aromatic heterocycles. The lowest BCUT2D eigenvalue weighted by Crippen LogP contribution is -2.31. The standard InChI is InChI=1S/C13H20O2/c1-4-5-10-15-12(14)13(3)9-7-6-8-11(13)2/h7,9H,2,4-6,8,10H2,1,3H3. The molecule has 0 saturated heterocycles. The average molecular weight is 208 g/mol. The third-order valence-corrected chi connectivity index (χ3v) is 2.95. The number of hydrogen-bond acceptors (Lipinski definition) is 2. The molecule has 1 rings (SSSR count). The Morgan fingerprint density at radius 2 is 2.40 bits per heavy atom. The van der Waals surface area contributed by atoms with Crippen LogP contribution in [0.1, 0.15) is 39.5 Å². The highest BCUT2D eigenvalue weighted by atomic mass is 16.5. The van der Waals surface area contributed by atoms with Crippen molar-refractivity contribution in [2.75, 3.05) is 6.61 Å². The molecule has 15 heavy (non-hydrogen) atoms. The zero-order chi connectivity index (χ0) is 11.3. The lowest BCUT2D eigenvalue weighted by molar-refractivity contribution is -0.150. The third-order valence-electron chi connectivity index (χ3n) is 2.95. The molecule has 1 aliphatic rings. The van der Waals surface area contributed by atoms with Gasteiger partial charge in [-0.15, -0.1) is 0 Å². The van der Waals surface area contributed by atoms with Crippen LogP contribution in [-0.2, 0) is 9.53 Å². The maximum atomic E-state index is 11.9. The molecule has 0 aliphatic heterocycles. The van der Waals surface area contributed by atoms with Gasteiger partial charge >= 0.3 is 5.97 Å². The van der Waals surface area contributed by atoms with Gasteiger partial charge in [0.05, 0.1) is 6.61 Å². The van der Waals surface area contributed by atoms with E-state index in [1.54, 1.807) is 0 Å². The SMILES string of the molecule is C=C1CCC=CC1(C)C(=O)OCCCC. The lowest BCUT2D eigenvalue weighted by atomic mass is 9.77. The summed E-state index contributed by atoms with van der Waals surface area (Å²) in [6, 6.07) is 0. The summed E-state index contributed by atoms with van der Waals surface area (Å²) >= 11 is 0. The van der Waals surface area contributed by atoms with E-state index in [1.807, 2.05) is 19.1 Å². The number of hydrogen-bond donors (Lipinski definition) is 0. The maximum Gasteiger partial charge on any atom is 0.319 e. The van der Waals surface area contributed by atoms with E-state index >= 15 is 0 Å². The van der Waals surface area contributed by atoms with Gasteiger partial charge in [0.2, 0.25) is 0 Å². The molecular formula is C13H20O2. The Labute approximate surface area is 92.0 Å². The Morgan fingerprint density at radius 3 is 3.00 bits per heavy atom. The molecule has 1 unspecified atom stereocenters. The van der Waals surface area contributed by atoms with Gasteiger partial charge in [-0.05, 0) is 26.2 Å². The molecule has 2 heteroatoms. The summed E-state index contributed by atoms with van der Waals surface area (Å²) in [6.45, 7) is 8.45. The van der Waals surface area contributed by atoms with Gasteiger partial charge in [0, 0.05) is 0 Å². The van der Waals surface area contributed by atoms with Gasteiger partial charge < -0.3 is 4.74 Å². The lowest BCUT2D eigenvalue weighted by Gasteiger charge is -2.29. The molecule has 0 heterocycles. The number of allylic oxidation sites excluding steroid dienone is 1. The van der Waals surface area contributed by atoms with Crippen LogP contribution in [0, 0.1) is 5.41 Å². The number of rotatable bonds is 4. The quantitative estimate of drug-likeness (QED) is 0.403. The Bertz CT molecular complexity index is 278. The van der Waals surface area contributed by atoms with E-state index in [1.165, 1.54) is 0 Å². The molecule has 0 spiro atoms. The van der Waals surface area contributed by atoms with Crippen molar-refractivity contribution in [3.05, 3.63) is 24.3 Å². The van der Waals surface area contributed by atoms with Crippen molar-refractivity contribution in [2.24, 2.45) is 5.41 Å². The molecule has 0 N–H and O–H groups in total. The first-order valence-electron chi connectivity index (χ1n) is 5.64. The van der Waals surface area contributed by atoms with Gasteiger partial charge in [0.15, 0.2) is 0 Å². The molecule has 84 valence electrons. The van der Waals surface area contributed by atoms with Crippen LogP contribution in [0.5, 0.6) is 0 Å². The van der Waals surface area contributed by atoms with Gasteiger partial charge in [0.1, 0.15) is 5.41 Å². The van der Waals surface area contributed by atoms with E-state index in [0.717, 1.165) is 31.3 Å². The smallest absolute Gasteiger partial charge is 0.319 e. The highest BCUT2D eigenvalue weighted by Gasteiger charge is 2.36. The van der Waals surface area contributed by atoms with Crippen molar-refractivity contribution < 1.29 is 9.53 Å². The Morgan fingerprint density at radius 1 is 1.67 bits per heavy atom. The molecule has 2 nitrogen and oxygen atoms in total. The minimum absolute atomic E-state index is 0.156. The molecular weight excluding hydrogens is 188 g/mol. The van der Waals surface area contributed by atoms with E-state index in [2.05, 4.69) is 13.5 Å². The van der Waals surface area contributed by atoms with Crippen molar-refractivity contribution in [3.8, 4) is 0 Å². The van der Waals surface area contributed by atoms with E-state index in [4.69, 9.17) is 4.74 Å². The van der Waals surface area contributed by atoms with E-state index in [-0.39, 0.29) is 5.97 Å². The summed E-state index contributed by atoms with van der Waals surface area (Å²) in [5.74, 6) is -0.156. The minimum Gasteiger partial charge on any atom is -0.465 e. The van der Waals surface area contributed by atoms with Gasteiger partial charge in [-0.25, -0.2) is 0 Å². The molecule has 1 aliphatic carbocycles. The molecule has 0 fully saturated rings. The van der Waals surface area contributed by atoms with Crippen LogP contribution in [0.3, 0.4) is 0 Å². The molecule has 1 atom stereocenters. The molecule has 0 bridgehead atoms. The number of ether oxygens (including phenoxy) is 1. The van der Waals surface area contributed by atoms with Crippen LogP contribution in [0.2, 0.25) is 0 Å². The van der Waals surface area contributed by atoms with Crippen LogP contribution in [0.15, 0.2) is 24.3 Å². The second-order valence-electron chi connectivity index (χ2n) is 4.24. The number of esters is 1. The summed E-state index contributed by atoms with van der Waals surface area (Å²) in [4.78, 5) is 11.9. The van der Waals surface area contributed by atoms with Crippen LogP contribution in [-0.4, -0.2) is 12.6 Å². The van der Waals surface area contributed by atoms with Gasteiger partial charge in [-0.2, -0.15) is 0 Å². The fourth-order valence-corrected chi connectivity index (χ4v) is 1.63. The fourth-order valence-electron chi connectivity index (χ4n) is 1.63. The van der Waals surface area contributed by atoms with Crippen molar-refractivity contribution >= 4 is 5.97 Å². The minimum atomic E-state index is -0.591. The number of carbonyl (C=O) groups excluding carboxylic acids is 1. The van der Waals surface area contributed by atoms with E-state index < -0.39 is 5.41 Å². The Hall–Kier alpha value is -1.05. The first kappa shape index (κ1) is 12.0. The van der Waals surface area contributed by atoms with Crippen LogP contribution < -0.4 is 0 Å². The van der Waals surface area contributed by atoms with Crippen LogP contribution >= 0.6 is 0 Å². The first-order chi connectivity index (χ1) is 7.11. The molecule has 0 amide bonds. The van der Waals surface area contributed by atoms with Crippen molar-refractivity contribution in [3.63, 3.8) is 0 Å². The number of unbranched alkanes of at least 4 members (excludes halogenated alkanes) is 1. The summed E-state index contributed by atoms with van der Waals surface area (Å²) < 4.78 is 5.24. The highest BCUT2D eigenvalue weighted by Crippen LogP contribution is 2.35. The molecule has 0 saturated carbocycles. The zero-order valence-electron chi connectivity index (χ0n) is 9.71. The monoisotopic (exact) mass is 208 g/mol. The van der Waals surface area contributed by atoms with Crippen molar-refractivity contribution in [1.82, 2.24) is 0 Å². The van der Waals surface area contributed by atoms with E-state index in [0.29, 0.717) is 6.61 Å². The second-order valence-corrected chi connectivity index (χ2v) is 4.24. The van der Waals surface area contributed by atoms with Gasteiger partial charge in [-0.1, -0.05) is 37.6 Å². The van der Waals surface area contributed by atoms with Crippen molar-refractivity contribution in [2.45, 2.75) is 39.5 Å². The third kappa shape index (κ3) is 2.71. The summed E-state index contributed by atoms with van der Waals surface area (Å²) in [5, 5.41) is 0. The topological polar surface area (TPSA) is 26.3 Å². The highest BCUT2D eigenvalue weighted by molar-refractivity contribution is 5.82. The summed E-state index contributed by atoms with van der Waals surface area (Å²) in [6.07, 6.45) is 7.80. The normalized spacial score (nSPS) is 25.3. The summed E-state index contributed by atoms with van der Waals surface area (Å²) in [7, 11) is 0. The average Bonchev–Trinajstić information content (AvgIpc) is 2.23. The predicted octanol–water partition coefficient (Wildman–Crippen LogP) is 3.24. The van der Waals surface area contributed by atoms with Crippen LogP contribution in [0.4, 0.5) is 0 Å². The second kappa shape index (κ2) is 5.15. The van der Waals surface area contributed by atoms with Crippen molar-refractivity contribution in [1.29, 1.82) is 0 Å².